The molecule has 0 N–H and O–H groups in total. The number of piperidine rings is 1. The summed E-state index contributed by atoms with van der Waals surface area (Å²) in [5.74, 6) is 0.0891. The number of fused-ring (bicyclic) bond motifs is 2. The zero-order valence-electron chi connectivity index (χ0n) is 12.8. The Morgan fingerprint density at radius 2 is 2.14 bits per heavy atom. The van der Waals surface area contributed by atoms with E-state index in [1.807, 2.05) is 13.0 Å². The third kappa shape index (κ3) is 2.47. The van der Waals surface area contributed by atoms with Crippen LogP contribution in [0.1, 0.15) is 36.3 Å². The lowest BCUT2D eigenvalue weighted by atomic mass is 9.76. The van der Waals surface area contributed by atoms with Crippen molar-refractivity contribution in [2.45, 2.75) is 44.2 Å². The quantitative estimate of drug-likeness (QED) is 0.784. The summed E-state index contributed by atoms with van der Waals surface area (Å²) in [5.41, 5.74) is 2.29. The lowest BCUT2D eigenvalue weighted by molar-refractivity contribution is -0.150. The fourth-order valence-electron chi connectivity index (χ4n) is 4.17. The number of carbonyl (C=O) groups excluding carboxylic acids is 1. The number of aryl methyl sites for hydroxylation is 1. The van der Waals surface area contributed by atoms with Crippen LogP contribution < -0.4 is 0 Å². The summed E-state index contributed by atoms with van der Waals surface area (Å²) < 4.78 is 5.10. The second-order valence-corrected chi connectivity index (χ2v) is 6.77. The van der Waals surface area contributed by atoms with Crippen LogP contribution in [-0.4, -0.2) is 37.1 Å². The van der Waals surface area contributed by atoms with Crippen LogP contribution in [0.4, 0.5) is 0 Å². The van der Waals surface area contributed by atoms with Gasteiger partial charge >= 0.3 is 5.97 Å². The molecule has 0 amide bonds. The first kappa shape index (κ1) is 14.9. The molecule has 0 radical (unpaired) electrons. The number of methoxy groups -OCH3 is 1. The SMILES string of the molecule is COC(=O)C1C2CC[C@@H](C[C@@H]1c1ccc(Cl)c(C)c1)N2C. The van der Waals surface area contributed by atoms with Gasteiger partial charge in [-0.1, -0.05) is 23.7 Å². The second kappa shape index (κ2) is 5.62. The first-order chi connectivity index (χ1) is 10.0. The molecule has 2 fully saturated rings. The molecule has 2 aliphatic heterocycles. The molecule has 114 valence electrons. The lowest BCUT2D eigenvalue weighted by Gasteiger charge is -2.41. The van der Waals surface area contributed by atoms with Crippen LogP contribution in [-0.2, 0) is 9.53 Å². The molecule has 2 saturated heterocycles. The first-order valence-corrected chi connectivity index (χ1v) is 7.96. The van der Waals surface area contributed by atoms with Crippen molar-refractivity contribution in [1.82, 2.24) is 4.90 Å². The smallest absolute Gasteiger partial charge is 0.310 e. The van der Waals surface area contributed by atoms with Gasteiger partial charge in [0.25, 0.3) is 0 Å². The van der Waals surface area contributed by atoms with E-state index in [0.29, 0.717) is 12.1 Å². The van der Waals surface area contributed by atoms with Crippen molar-refractivity contribution < 1.29 is 9.53 Å². The number of hydrogen-bond donors (Lipinski definition) is 0. The molecule has 2 unspecified atom stereocenters. The normalized spacial score (nSPS) is 32.2. The molecule has 4 heteroatoms. The van der Waals surface area contributed by atoms with Gasteiger partial charge in [0.2, 0.25) is 0 Å². The molecule has 0 spiro atoms. The average molecular weight is 308 g/mol. The minimum Gasteiger partial charge on any atom is -0.469 e. The van der Waals surface area contributed by atoms with E-state index in [4.69, 9.17) is 16.3 Å². The fraction of sp³-hybridized carbons (Fsp3) is 0.588. The van der Waals surface area contributed by atoms with Crippen LogP contribution >= 0.6 is 11.6 Å². The van der Waals surface area contributed by atoms with Gasteiger partial charge in [-0.3, -0.25) is 9.69 Å². The highest BCUT2D eigenvalue weighted by molar-refractivity contribution is 6.31. The van der Waals surface area contributed by atoms with Gasteiger partial charge in [-0.05, 0) is 50.4 Å². The molecule has 1 aromatic carbocycles. The van der Waals surface area contributed by atoms with Gasteiger partial charge in [-0.15, -0.1) is 0 Å². The second-order valence-electron chi connectivity index (χ2n) is 6.36. The number of ether oxygens (including phenoxy) is 1. The number of esters is 1. The molecule has 3 nitrogen and oxygen atoms in total. The number of hydrogen-bond acceptors (Lipinski definition) is 3. The van der Waals surface area contributed by atoms with Crippen molar-refractivity contribution in [1.29, 1.82) is 0 Å². The highest BCUT2D eigenvalue weighted by atomic mass is 35.5. The van der Waals surface area contributed by atoms with Gasteiger partial charge in [0.1, 0.15) is 0 Å². The molecule has 2 heterocycles. The first-order valence-electron chi connectivity index (χ1n) is 7.58. The Morgan fingerprint density at radius 3 is 2.81 bits per heavy atom. The Hall–Kier alpha value is -1.06. The van der Waals surface area contributed by atoms with Crippen LogP contribution in [0.15, 0.2) is 18.2 Å². The van der Waals surface area contributed by atoms with Gasteiger partial charge in [-0.2, -0.15) is 0 Å². The van der Waals surface area contributed by atoms with Crippen molar-refractivity contribution in [3.05, 3.63) is 34.3 Å². The Kier molecular flexibility index (Phi) is 3.98. The Labute approximate surface area is 131 Å². The van der Waals surface area contributed by atoms with Crippen LogP contribution in [0.5, 0.6) is 0 Å². The van der Waals surface area contributed by atoms with Crippen molar-refractivity contribution in [3.63, 3.8) is 0 Å². The number of nitrogens with zero attached hydrogens (tertiary/aromatic N) is 1. The summed E-state index contributed by atoms with van der Waals surface area (Å²) in [7, 11) is 3.63. The number of benzene rings is 1. The fourth-order valence-corrected chi connectivity index (χ4v) is 4.28. The largest absolute Gasteiger partial charge is 0.469 e. The molecule has 1 aromatic rings. The molecule has 21 heavy (non-hydrogen) atoms. The van der Waals surface area contributed by atoms with E-state index in [9.17, 15) is 4.79 Å². The molecule has 0 aliphatic carbocycles. The number of rotatable bonds is 2. The molecule has 0 saturated carbocycles. The Bertz CT molecular complexity index is 560. The summed E-state index contributed by atoms with van der Waals surface area (Å²) in [6.07, 6.45) is 3.29. The van der Waals surface area contributed by atoms with E-state index < -0.39 is 0 Å². The van der Waals surface area contributed by atoms with Crippen molar-refractivity contribution >= 4 is 17.6 Å². The van der Waals surface area contributed by atoms with Crippen LogP contribution in [0.3, 0.4) is 0 Å². The summed E-state index contributed by atoms with van der Waals surface area (Å²) in [5, 5.41) is 0.782. The summed E-state index contributed by atoms with van der Waals surface area (Å²) in [6.45, 7) is 2.02. The zero-order valence-corrected chi connectivity index (χ0v) is 13.6. The van der Waals surface area contributed by atoms with Gasteiger partial charge < -0.3 is 4.74 Å². The zero-order chi connectivity index (χ0) is 15.1. The summed E-state index contributed by atoms with van der Waals surface area (Å²) in [4.78, 5) is 14.7. The van der Waals surface area contributed by atoms with Crippen LogP contribution in [0.25, 0.3) is 0 Å². The average Bonchev–Trinajstić information content (AvgIpc) is 2.72. The number of carbonyl (C=O) groups is 1. The van der Waals surface area contributed by atoms with Crippen molar-refractivity contribution in [2.24, 2.45) is 5.92 Å². The predicted molar refractivity (Wildman–Crippen MR) is 83.6 cm³/mol. The predicted octanol–water partition coefficient (Wildman–Crippen LogP) is 3.39. The van der Waals surface area contributed by atoms with E-state index in [2.05, 4.69) is 24.1 Å². The summed E-state index contributed by atoms with van der Waals surface area (Å²) in [6, 6.07) is 7.03. The molecule has 2 aliphatic rings. The third-order valence-electron chi connectivity index (χ3n) is 5.35. The van der Waals surface area contributed by atoms with Gasteiger partial charge in [0, 0.05) is 23.0 Å². The number of halogens is 1. The van der Waals surface area contributed by atoms with Crippen LogP contribution in [0.2, 0.25) is 5.02 Å². The van der Waals surface area contributed by atoms with Gasteiger partial charge in [0.15, 0.2) is 0 Å². The van der Waals surface area contributed by atoms with E-state index in [-0.39, 0.29) is 17.8 Å². The van der Waals surface area contributed by atoms with E-state index in [1.54, 1.807) is 0 Å². The molecule has 4 atom stereocenters. The van der Waals surface area contributed by atoms with E-state index in [0.717, 1.165) is 23.4 Å². The van der Waals surface area contributed by atoms with Crippen molar-refractivity contribution in [3.8, 4) is 0 Å². The topological polar surface area (TPSA) is 29.5 Å². The van der Waals surface area contributed by atoms with E-state index in [1.165, 1.54) is 19.1 Å². The van der Waals surface area contributed by atoms with E-state index >= 15 is 0 Å². The standard InChI is InChI=1S/C17H22ClNO2/c1-10-8-11(4-6-14(10)18)13-9-12-5-7-15(19(12)2)16(13)17(20)21-3/h4,6,8,12-13,15-16H,5,7,9H2,1-3H3/t12-,13+,15?,16?/m0/s1. The monoisotopic (exact) mass is 307 g/mol. The maximum absolute atomic E-state index is 12.4. The maximum atomic E-state index is 12.4. The Morgan fingerprint density at radius 1 is 1.38 bits per heavy atom. The minimum atomic E-state index is -0.0789. The van der Waals surface area contributed by atoms with Gasteiger partial charge in [-0.25, -0.2) is 0 Å². The molecule has 3 rings (SSSR count). The lowest BCUT2D eigenvalue weighted by Crippen LogP contribution is -2.49. The highest BCUT2D eigenvalue weighted by Gasteiger charge is 2.49. The Balaban J connectivity index is 1.98. The van der Waals surface area contributed by atoms with Crippen molar-refractivity contribution in [2.75, 3.05) is 14.2 Å². The summed E-state index contributed by atoms with van der Waals surface area (Å²) >= 11 is 6.14. The van der Waals surface area contributed by atoms with Gasteiger partial charge in [0.05, 0.1) is 13.0 Å². The molecular formula is C17H22ClNO2. The molecular weight excluding hydrogens is 286 g/mol. The minimum absolute atomic E-state index is 0.0701. The molecule has 2 bridgehead atoms. The van der Waals surface area contributed by atoms with Crippen LogP contribution in [0, 0.1) is 12.8 Å². The maximum Gasteiger partial charge on any atom is 0.310 e. The third-order valence-corrected chi connectivity index (χ3v) is 5.78. The highest BCUT2D eigenvalue weighted by Crippen LogP contribution is 2.46. The molecule has 0 aromatic heterocycles.